The molecule has 0 saturated carbocycles. The molecule has 6 heteroatoms. The lowest BCUT2D eigenvalue weighted by Crippen LogP contribution is -2.44. The standard InChI is InChI=1S/C29H30N2O4/c32-28(22-5-8-25(9-6-22)31-14-11-21-3-1-2-4-23(21)18-31)30-19-29(12-15-33-16-13-29)24-7-10-26-27(17-24)35-20-34-26/h1-10,17H,11-16,18-20H2,(H,30,32). The SMILES string of the molecule is O=C(NCC1(c2ccc3c(c2)OCO3)CCOCC1)c1ccc(N2CCc3ccccc3C2)cc1. The van der Waals surface area contributed by atoms with E-state index in [1.807, 2.05) is 18.2 Å². The Balaban J connectivity index is 1.14. The van der Waals surface area contributed by atoms with Gasteiger partial charge >= 0.3 is 0 Å². The van der Waals surface area contributed by atoms with Gasteiger partial charge in [-0.25, -0.2) is 0 Å². The second kappa shape index (κ2) is 9.27. The van der Waals surface area contributed by atoms with E-state index in [9.17, 15) is 4.79 Å². The molecule has 3 aliphatic rings. The molecule has 0 atom stereocenters. The minimum absolute atomic E-state index is 0.0489. The van der Waals surface area contributed by atoms with Crippen LogP contribution in [-0.2, 0) is 23.1 Å². The van der Waals surface area contributed by atoms with Crippen molar-refractivity contribution in [1.29, 1.82) is 0 Å². The summed E-state index contributed by atoms with van der Waals surface area (Å²) in [5, 5.41) is 3.21. The molecule has 3 aromatic rings. The van der Waals surface area contributed by atoms with Crippen LogP contribution in [-0.4, -0.2) is 39.0 Å². The van der Waals surface area contributed by atoms with Crippen LogP contribution in [0.25, 0.3) is 0 Å². The van der Waals surface area contributed by atoms with Crippen LogP contribution in [0, 0.1) is 0 Å². The molecular formula is C29H30N2O4. The molecule has 1 saturated heterocycles. The predicted octanol–water partition coefficient (Wildman–Crippen LogP) is 4.46. The first-order valence-electron chi connectivity index (χ1n) is 12.4. The average Bonchev–Trinajstić information content (AvgIpc) is 3.40. The molecule has 1 fully saturated rings. The number of hydrogen-bond donors (Lipinski definition) is 1. The Labute approximate surface area is 205 Å². The van der Waals surface area contributed by atoms with E-state index >= 15 is 0 Å². The molecule has 35 heavy (non-hydrogen) atoms. The lowest BCUT2D eigenvalue weighted by atomic mass is 9.74. The first kappa shape index (κ1) is 22.0. The average molecular weight is 471 g/mol. The molecule has 0 aliphatic carbocycles. The molecule has 0 radical (unpaired) electrons. The first-order chi connectivity index (χ1) is 17.2. The first-order valence-corrected chi connectivity index (χ1v) is 12.4. The normalized spacial score (nSPS) is 18.1. The van der Waals surface area contributed by atoms with E-state index in [0.29, 0.717) is 25.3 Å². The van der Waals surface area contributed by atoms with Crippen LogP contribution >= 0.6 is 0 Å². The number of carbonyl (C=O) groups is 1. The fraction of sp³-hybridized carbons (Fsp3) is 0.345. The Hall–Kier alpha value is -3.51. The van der Waals surface area contributed by atoms with Gasteiger partial charge in [0, 0.05) is 49.5 Å². The van der Waals surface area contributed by atoms with E-state index in [1.54, 1.807) is 0 Å². The van der Waals surface area contributed by atoms with E-state index in [2.05, 4.69) is 58.7 Å². The summed E-state index contributed by atoms with van der Waals surface area (Å²) in [6, 6.07) is 22.7. The molecule has 1 N–H and O–H groups in total. The molecule has 6 rings (SSSR count). The summed E-state index contributed by atoms with van der Waals surface area (Å²) in [5.74, 6) is 1.50. The van der Waals surface area contributed by atoms with Crippen molar-refractivity contribution in [2.24, 2.45) is 0 Å². The zero-order valence-electron chi connectivity index (χ0n) is 19.8. The van der Waals surface area contributed by atoms with E-state index in [-0.39, 0.29) is 18.1 Å². The van der Waals surface area contributed by atoms with Crippen LogP contribution in [0.1, 0.15) is 39.9 Å². The minimum atomic E-state index is -0.185. The Morgan fingerprint density at radius 3 is 2.51 bits per heavy atom. The van der Waals surface area contributed by atoms with Crippen molar-refractivity contribution >= 4 is 11.6 Å². The van der Waals surface area contributed by atoms with Crippen LogP contribution in [0.4, 0.5) is 5.69 Å². The summed E-state index contributed by atoms with van der Waals surface area (Å²) in [7, 11) is 0. The molecule has 180 valence electrons. The lowest BCUT2D eigenvalue weighted by molar-refractivity contribution is 0.0486. The van der Waals surface area contributed by atoms with E-state index in [4.69, 9.17) is 14.2 Å². The Kier molecular flexibility index (Phi) is 5.82. The number of ether oxygens (including phenoxy) is 3. The minimum Gasteiger partial charge on any atom is -0.454 e. The summed E-state index contributed by atoms with van der Waals surface area (Å²) >= 11 is 0. The van der Waals surface area contributed by atoms with Crippen LogP contribution in [0.5, 0.6) is 11.5 Å². The summed E-state index contributed by atoms with van der Waals surface area (Å²) < 4.78 is 16.7. The van der Waals surface area contributed by atoms with Crippen LogP contribution in [0.15, 0.2) is 66.7 Å². The number of fused-ring (bicyclic) bond motifs is 2. The number of hydrogen-bond acceptors (Lipinski definition) is 5. The Morgan fingerprint density at radius 1 is 0.914 bits per heavy atom. The second-order valence-corrected chi connectivity index (χ2v) is 9.63. The van der Waals surface area contributed by atoms with Crippen molar-refractivity contribution in [3.8, 4) is 11.5 Å². The van der Waals surface area contributed by atoms with Gasteiger partial charge in [-0.15, -0.1) is 0 Å². The smallest absolute Gasteiger partial charge is 0.251 e. The molecule has 0 aromatic heterocycles. The summed E-state index contributed by atoms with van der Waals surface area (Å²) in [6.07, 6.45) is 2.74. The molecule has 0 bridgehead atoms. The van der Waals surface area contributed by atoms with Gasteiger partial charge in [-0.2, -0.15) is 0 Å². The van der Waals surface area contributed by atoms with Gasteiger partial charge in [0.2, 0.25) is 6.79 Å². The number of amides is 1. The zero-order chi connectivity index (χ0) is 23.7. The topological polar surface area (TPSA) is 60.0 Å². The van der Waals surface area contributed by atoms with Crippen molar-refractivity contribution in [1.82, 2.24) is 5.32 Å². The third kappa shape index (κ3) is 4.34. The Bertz CT molecular complexity index is 1220. The molecule has 0 spiro atoms. The van der Waals surface area contributed by atoms with Gasteiger partial charge in [-0.3, -0.25) is 4.79 Å². The number of rotatable bonds is 5. The number of nitrogens with zero attached hydrogens (tertiary/aromatic N) is 1. The third-order valence-corrected chi connectivity index (χ3v) is 7.65. The number of nitrogens with one attached hydrogen (secondary N) is 1. The van der Waals surface area contributed by atoms with Crippen molar-refractivity contribution in [2.45, 2.75) is 31.2 Å². The van der Waals surface area contributed by atoms with Crippen LogP contribution < -0.4 is 19.7 Å². The van der Waals surface area contributed by atoms with Crippen molar-refractivity contribution in [3.05, 3.63) is 89.0 Å². The Morgan fingerprint density at radius 2 is 1.69 bits per heavy atom. The predicted molar refractivity (Wildman–Crippen MR) is 134 cm³/mol. The van der Waals surface area contributed by atoms with Gasteiger partial charge in [0.1, 0.15) is 0 Å². The maximum absolute atomic E-state index is 13.1. The highest BCUT2D eigenvalue weighted by molar-refractivity contribution is 5.94. The van der Waals surface area contributed by atoms with E-state index in [1.165, 1.54) is 11.1 Å². The molecule has 3 heterocycles. The summed E-state index contributed by atoms with van der Waals surface area (Å²) in [6.45, 7) is 4.06. The summed E-state index contributed by atoms with van der Waals surface area (Å²) in [4.78, 5) is 15.5. The fourth-order valence-electron chi connectivity index (χ4n) is 5.45. The van der Waals surface area contributed by atoms with Crippen LogP contribution in [0.2, 0.25) is 0 Å². The monoisotopic (exact) mass is 470 g/mol. The number of benzene rings is 3. The molecule has 0 unspecified atom stereocenters. The van der Waals surface area contributed by atoms with E-state index in [0.717, 1.165) is 55.1 Å². The highest BCUT2D eigenvalue weighted by atomic mass is 16.7. The highest BCUT2D eigenvalue weighted by Crippen LogP contribution is 2.40. The van der Waals surface area contributed by atoms with Crippen molar-refractivity contribution in [2.75, 3.05) is 38.0 Å². The molecule has 6 nitrogen and oxygen atoms in total. The van der Waals surface area contributed by atoms with Gasteiger partial charge in [0.25, 0.3) is 5.91 Å². The largest absolute Gasteiger partial charge is 0.454 e. The number of anilines is 1. The fourth-order valence-corrected chi connectivity index (χ4v) is 5.45. The van der Waals surface area contributed by atoms with Crippen molar-refractivity contribution in [3.63, 3.8) is 0 Å². The lowest BCUT2D eigenvalue weighted by Gasteiger charge is -2.38. The molecule has 1 amide bonds. The van der Waals surface area contributed by atoms with E-state index < -0.39 is 0 Å². The highest BCUT2D eigenvalue weighted by Gasteiger charge is 2.36. The molecule has 3 aliphatic heterocycles. The van der Waals surface area contributed by atoms with Gasteiger partial charge in [0.15, 0.2) is 11.5 Å². The maximum Gasteiger partial charge on any atom is 0.251 e. The summed E-state index contributed by atoms with van der Waals surface area (Å²) in [5.41, 5.74) is 5.62. The van der Waals surface area contributed by atoms with Crippen LogP contribution in [0.3, 0.4) is 0 Å². The van der Waals surface area contributed by atoms with Crippen molar-refractivity contribution < 1.29 is 19.0 Å². The van der Waals surface area contributed by atoms with Gasteiger partial charge in [-0.1, -0.05) is 30.3 Å². The zero-order valence-corrected chi connectivity index (χ0v) is 19.8. The third-order valence-electron chi connectivity index (χ3n) is 7.65. The second-order valence-electron chi connectivity index (χ2n) is 9.63. The quantitative estimate of drug-likeness (QED) is 0.597. The molecule has 3 aromatic carbocycles. The van der Waals surface area contributed by atoms with Gasteiger partial charge in [-0.05, 0) is 72.4 Å². The number of carbonyl (C=O) groups excluding carboxylic acids is 1. The molecular weight excluding hydrogens is 440 g/mol. The van der Waals surface area contributed by atoms with Gasteiger partial charge < -0.3 is 24.4 Å². The maximum atomic E-state index is 13.1. The van der Waals surface area contributed by atoms with Gasteiger partial charge in [0.05, 0.1) is 0 Å².